The summed E-state index contributed by atoms with van der Waals surface area (Å²) in [4.78, 5) is 19.0. The highest BCUT2D eigenvalue weighted by atomic mass is 32.2. The molecule has 1 aromatic heterocycles. The molecule has 86 valence electrons. The molecule has 0 unspecified atom stereocenters. The quantitative estimate of drug-likeness (QED) is 0.616. The summed E-state index contributed by atoms with van der Waals surface area (Å²) in [5.74, 6) is 0.797. The minimum atomic E-state index is -0.248. The summed E-state index contributed by atoms with van der Waals surface area (Å²) in [5, 5.41) is 0. The maximum Gasteiger partial charge on any atom is 0.153 e. The second-order valence-electron chi connectivity index (χ2n) is 3.27. The molecule has 0 radical (unpaired) electrons. The van der Waals surface area contributed by atoms with Crippen molar-refractivity contribution in [3.63, 3.8) is 0 Å². The fourth-order valence-electron chi connectivity index (χ4n) is 1.20. The maximum atomic E-state index is 13.3. The number of aromatic nitrogens is 2. The predicted molar refractivity (Wildman–Crippen MR) is 63.4 cm³/mol. The van der Waals surface area contributed by atoms with E-state index >= 15 is 0 Å². The maximum absolute atomic E-state index is 13.3. The van der Waals surface area contributed by atoms with Gasteiger partial charge in [-0.25, -0.2) is 14.4 Å². The van der Waals surface area contributed by atoms with Crippen molar-refractivity contribution in [2.75, 3.05) is 0 Å². The molecule has 0 saturated carbocycles. The Bertz CT molecular complexity index is 516. The number of aldehydes is 1. The highest BCUT2D eigenvalue weighted by molar-refractivity contribution is 7.98. The van der Waals surface area contributed by atoms with Crippen LogP contribution in [0.1, 0.15) is 16.2 Å². The first-order valence-corrected chi connectivity index (χ1v) is 5.91. The van der Waals surface area contributed by atoms with E-state index in [0.29, 0.717) is 28.3 Å². The molecule has 0 aliphatic carbocycles. The van der Waals surface area contributed by atoms with Gasteiger partial charge in [0.1, 0.15) is 11.6 Å². The number of benzene rings is 1. The van der Waals surface area contributed by atoms with Gasteiger partial charge in [-0.15, -0.1) is 11.8 Å². The minimum Gasteiger partial charge on any atom is -0.298 e. The highest BCUT2D eigenvalue weighted by Crippen LogP contribution is 2.23. The Hall–Kier alpha value is -1.75. The lowest BCUT2D eigenvalue weighted by Crippen LogP contribution is -1.94. The molecule has 0 bridgehead atoms. The zero-order chi connectivity index (χ0) is 12.1. The van der Waals surface area contributed by atoms with Crippen LogP contribution in [-0.2, 0) is 5.75 Å². The van der Waals surface area contributed by atoms with Crippen LogP contribution in [-0.4, -0.2) is 16.3 Å². The van der Waals surface area contributed by atoms with Crippen LogP contribution in [0.4, 0.5) is 4.39 Å². The molecule has 0 N–H and O–H groups in total. The Morgan fingerprint density at radius 2 is 1.94 bits per heavy atom. The average molecular weight is 248 g/mol. The molecule has 1 heterocycles. The van der Waals surface area contributed by atoms with E-state index < -0.39 is 0 Å². The van der Waals surface area contributed by atoms with Gasteiger partial charge in [0.15, 0.2) is 6.29 Å². The lowest BCUT2D eigenvalue weighted by atomic mass is 10.3. The third kappa shape index (κ3) is 3.10. The van der Waals surface area contributed by atoms with Crippen molar-refractivity contribution in [2.24, 2.45) is 0 Å². The Morgan fingerprint density at radius 1 is 1.24 bits per heavy atom. The zero-order valence-electron chi connectivity index (χ0n) is 8.84. The van der Waals surface area contributed by atoms with Crippen molar-refractivity contribution in [1.82, 2.24) is 9.97 Å². The number of nitrogens with zero attached hydrogens (tertiary/aromatic N) is 2. The number of hydrogen-bond acceptors (Lipinski definition) is 4. The zero-order valence-corrected chi connectivity index (χ0v) is 9.65. The first-order chi connectivity index (χ1) is 8.29. The number of thioether (sulfide) groups is 1. The fourth-order valence-corrected chi connectivity index (χ4v) is 2.02. The molecular formula is C12H9FN2OS. The first kappa shape index (κ1) is 11.7. The monoisotopic (exact) mass is 248 g/mol. The van der Waals surface area contributed by atoms with Crippen molar-refractivity contribution >= 4 is 18.0 Å². The van der Waals surface area contributed by atoms with Crippen LogP contribution >= 0.6 is 11.8 Å². The van der Waals surface area contributed by atoms with E-state index in [0.717, 1.165) is 0 Å². The van der Waals surface area contributed by atoms with E-state index in [1.165, 1.54) is 30.2 Å². The van der Waals surface area contributed by atoms with Crippen molar-refractivity contribution in [3.8, 4) is 0 Å². The van der Waals surface area contributed by atoms with Crippen LogP contribution in [0.15, 0.2) is 41.6 Å². The minimum absolute atomic E-state index is 0.248. The van der Waals surface area contributed by atoms with E-state index in [1.54, 1.807) is 18.2 Å². The van der Waals surface area contributed by atoms with Gasteiger partial charge in [0, 0.05) is 17.3 Å². The van der Waals surface area contributed by atoms with Gasteiger partial charge in [-0.3, -0.25) is 4.79 Å². The molecule has 0 aliphatic rings. The number of carbonyl (C=O) groups excluding carboxylic acids is 1. The molecule has 3 nitrogen and oxygen atoms in total. The van der Waals surface area contributed by atoms with Crippen molar-refractivity contribution in [1.29, 1.82) is 0 Å². The van der Waals surface area contributed by atoms with Gasteiger partial charge in [0.05, 0.1) is 11.3 Å². The number of carbonyl (C=O) groups is 1. The van der Waals surface area contributed by atoms with Gasteiger partial charge >= 0.3 is 0 Å². The molecule has 0 atom stereocenters. The van der Waals surface area contributed by atoms with Crippen molar-refractivity contribution < 1.29 is 9.18 Å². The molecular weight excluding hydrogens is 239 g/mol. The van der Waals surface area contributed by atoms with E-state index in [9.17, 15) is 9.18 Å². The Balaban J connectivity index is 2.02. The second-order valence-corrected chi connectivity index (χ2v) is 4.29. The standard InChI is InChI=1S/C12H9FN2OS/c13-10-3-1-2-4-11(10)17-8-12-14-5-9(7-16)6-15-12/h1-7H,8H2. The van der Waals surface area contributed by atoms with Crippen LogP contribution in [0.25, 0.3) is 0 Å². The molecule has 0 amide bonds. The lowest BCUT2D eigenvalue weighted by Gasteiger charge is -2.01. The van der Waals surface area contributed by atoms with Gasteiger partial charge < -0.3 is 0 Å². The van der Waals surface area contributed by atoms with Crippen LogP contribution < -0.4 is 0 Å². The van der Waals surface area contributed by atoms with Crippen LogP contribution in [0.5, 0.6) is 0 Å². The number of rotatable bonds is 4. The lowest BCUT2D eigenvalue weighted by molar-refractivity contribution is 0.112. The summed E-state index contributed by atoms with van der Waals surface area (Å²) >= 11 is 1.33. The largest absolute Gasteiger partial charge is 0.298 e. The topological polar surface area (TPSA) is 42.9 Å². The predicted octanol–water partition coefficient (Wildman–Crippen LogP) is 2.72. The summed E-state index contributed by atoms with van der Waals surface area (Å²) in [6.07, 6.45) is 3.60. The fraction of sp³-hybridized carbons (Fsp3) is 0.0833. The molecule has 1 aromatic carbocycles. The third-order valence-corrected chi connectivity index (χ3v) is 3.10. The van der Waals surface area contributed by atoms with Crippen molar-refractivity contribution in [3.05, 3.63) is 53.9 Å². The Labute approximate surface area is 102 Å². The van der Waals surface area contributed by atoms with Gasteiger partial charge in [-0.1, -0.05) is 12.1 Å². The first-order valence-electron chi connectivity index (χ1n) is 4.93. The smallest absolute Gasteiger partial charge is 0.153 e. The molecule has 5 heteroatoms. The molecule has 0 aliphatic heterocycles. The molecule has 17 heavy (non-hydrogen) atoms. The van der Waals surface area contributed by atoms with E-state index in [4.69, 9.17) is 0 Å². The summed E-state index contributed by atoms with van der Waals surface area (Å²) in [5.41, 5.74) is 0.435. The molecule has 0 spiro atoms. The van der Waals surface area contributed by atoms with E-state index in [2.05, 4.69) is 9.97 Å². The molecule has 0 saturated heterocycles. The van der Waals surface area contributed by atoms with E-state index in [-0.39, 0.29) is 5.82 Å². The summed E-state index contributed by atoms with van der Waals surface area (Å²) < 4.78 is 13.3. The highest BCUT2D eigenvalue weighted by Gasteiger charge is 2.03. The SMILES string of the molecule is O=Cc1cnc(CSc2ccccc2F)nc1. The third-order valence-electron chi connectivity index (χ3n) is 2.05. The van der Waals surface area contributed by atoms with Gasteiger partial charge in [-0.05, 0) is 12.1 Å². The average Bonchev–Trinajstić information content (AvgIpc) is 2.38. The van der Waals surface area contributed by atoms with Crippen LogP contribution in [0, 0.1) is 5.82 Å². The van der Waals surface area contributed by atoms with Crippen LogP contribution in [0.2, 0.25) is 0 Å². The summed E-state index contributed by atoms with van der Waals surface area (Å²) in [6, 6.07) is 6.55. The van der Waals surface area contributed by atoms with Crippen molar-refractivity contribution in [2.45, 2.75) is 10.6 Å². The Kier molecular flexibility index (Phi) is 3.82. The molecule has 2 aromatic rings. The number of halogens is 1. The van der Waals surface area contributed by atoms with Gasteiger partial charge in [0.25, 0.3) is 0 Å². The summed E-state index contributed by atoms with van der Waals surface area (Å²) in [7, 11) is 0. The van der Waals surface area contributed by atoms with Crippen LogP contribution in [0.3, 0.4) is 0 Å². The normalized spacial score (nSPS) is 10.2. The van der Waals surface area contributed by atoms with Gasteiger partial charge in [-0.2, -0.15) is 0 Å². The number of hydrogen-bond donors (Lipinski definition) is 0. The van der Waals surface area contributed by atoms with Gasteiger partial charge in [0.2, 0.25) is 0 Å². The molecule has 0 fully saturated rings. The van der Waals surface area contributed by atoms with E-state index in [1.807, 2.05) is 0 Å². The summed E-state index contributed by atoms with van der Waals surface area (Å²) in [6.45, 7) is 0. The Morgan fingerprint density at radius 3 is 2.59 bits per heavy atom. The second kappa shape index (κ2) is 5.54. The molecule has 2 rings (SSSR count).